The fourth-order valence-corrected chi connectivity index (χ4v) is 1.34. The number of carboxylic acid groups (broad SMARTS) is 1. The van der Waals surface area contributed by atoms with Gasteiger partial charge in [0, 0.05) is 19.7 Å². The summed E-state index contributed by atoms with van der Waals surface area (Å²) in [6.07, 6.45) is 1.96. The highest BCUT2D eigenvalue weighted by atomic mass is 16.6. The number of hydrogen-bond acceptors (Lipinski definition) is 4. The zero-order valence-corrected chi connectivity index (χ0v) is 11.6. The summed E-state index contributed by atoms with van der Waals surface area (Å²) in [5.74, 6) is -0.398. The largest absolute Gasteiger partial charge is 0.493 e. The van der Waals surface area contributed by atoms with Crippen LogP contribution in [0.4, 0.5) is 4.79 Å². The molecular formula is C14H17NO5. The first-order valence-electron chi connectivity index (χ1n) is 6.00. The molecule has 6 heteroatoms. The second-order valence-corrected chi connectivity index (χ2v) is 3.96. The quantitative estimate of drug-likeness (QED) is 0.836. The van der Waals surface area contributed by atoms with Gasteiger partial charge in [-0.05, 0) is 30.7 Å². The Bertz CT molecular complexity index is 524. The van der Waals surface area contributed by atoms with E-state index in [4.69, 9.17) is 14.6 Å². The molecule has 0 spiro atoms. The van der Waals surface area contributed by atoms with Gasteiger partial charge in [-0.2, -0.15) is 0 Å². The van der Waals surface area contributed by atoms with Gasteiger partial charge in [0.05, 0.1) is 7.11 Å². The lowest BCUT2D eigenvalue weighted by molar-refractivity contribution is -0.131. The van der Waals surface area contributed by atoms with Gasteiger partial charge in [-0.3, -0.25) is 0 Å². The first-order chi connectivity index (χ1) is 9.47. The van der Waals surface area contributed by atoms with E-state index in [1.807, 2.05) is 6.92 Å². The molecule has 1 rings (SSSR count). The minimum Gasteiger partial charge on any atom is -0.493 e. The lowest BCUT2D eigenvalue weighted by Gasteiger charge is -2.15. The van der Waals surface area contributed by atoms with Crippen molar-refractivity contribution in [1.29, 1.82) is 0 Å². The van der Waals surface area contributed by atoms with Gasteiger partial charge in [0.25, 0.3) is 0 Å². The van der Waals surface area contributed by atoms with E-state index in [2.05, 4.69) is 0 Å². The monoisotopic (exact) mass is 279 g/mol. The minimum atomic E-state index is -1.04. The van der Waals surface area contributed by atoms with E-state index in [0.29, 0.717) is 17.9 Å². The molecule has 0 saturated carbocycles. The van der Waals surface area contributed by atoms with Crippen LogP contribution in [0.15, 0.2) is 24.3 Å². The van der Waals surface area contributed by atoms with Crippen molar-refractivity contribution >= 4 is 18.1 Å². The van der Waals surface area contributed by atoms with E-state index >= 15 is 0 Å². The summed E-state index contributed by atoms with van der Waals surface area (Å²) in [5.41, 5.74) is 0.632. The Balaban J connectivity index is 2.93. The maximum atomic E-state index is 11.7. The summed E-state index contributed by atoms with van der Waals surface area (Å²) < 4.78 is 10.3. The van der Waals surface area contributed by atoms with Crippen LogP contribution >= 0.6 is 0 Å². The van der Waals surface area contributed by atoms with E-state index in [-0.39, 0.29) is 5.75 Å². The number of hydrogen-bond donors (Lipinski definition) is 1. The Morgan fingerprint density at radius 2 is 2.05 bits per heavy atom. The van der Waals surface area contributed by atoms with Gasteiger partial charge in [0.15, 0.2) is 11.5 Å². The lowest BCUT2D eigenvalue weighted by Crippen LogP contribution is -2.29. The summed E-state index contributed by atoms with van der Waals surface area (Å²) in [6, 6.07) is 4.78. The number of aliphatic carboxylic acids is 1. The summed E-state index contributed by atoms with van der Waals surface area (Å²) >= 11 is 0. The topological polar surface area (TPSA) is 76.1 Å². The average molecular weight is 279 g/mol. The molecule has 0 radical (unpaired) electrons. The van der Waals surface area contributed by atoms with Crippen molar-refractivity contribution < 1.29 is 24.2 Å². The summed E-state index contributed by atoms with van der Waals surface area (Å²) in [5, 5.41) is 8.57. The number of carboxylic acids is 1. The molecule has 1 aromatic rings. The van der Waals surface area contributed by atoms with E-state index in [1.54, 1.807) is 25.2 Å². The molecule has 1 N–H and O–H groups in total. The number of benzene rings is 1. The third-order valence-electron chi connectivity index (χ3n) is 2.59. The van der Waals surface area contributed by atoms with Crippen LogP contribution in [0, 0.1) is 0 Å². The highest BCUT2D eigenvalue weighted by molar-refractivity contribution is 5.85. The summed E-state index contributed by atoms with van der Waals surface area (Å²) in [7, 11) is 3.07. The highest BCUT2D eigenvalue weighted by Crippen LogP contribution is 2.29. The zero-order chi connectivity index (χ0) is 15.1. The van der Waals surface area contributed by atoms with Crippen molar-refractivity contribution in [2.45, 2.75) is 6.92 Å². The molecule has 0 fully saturated rings. The standard InChI is InChI=1S/C14H17NO5/c1-4-15(2)14(18)20-11-7-5-10(6-8-13(16)17)9-12(11)19-3/h5-9H,4H2,1-3H3,(H,16,17)/b8-6+. The van der Waals surface area contributed by atoms with Crippen LogP contribution in [0.25, 0.3) is 6.08 Å². The molecule has 108 valence electrons. The highest BCUT2D eigenvalue weighted by Gasteiger charge is 2.13. The number of amides is 1. The number of carbonyl (C=O) groups is 2. The number of ether oxygens (including phenoxy) is 2. The average Bonchev–Trinajstić information content (AvgIpc) is 2.44. The zero-order valence-electron chi connectivity index (χ0n) is 11.6. The van der Waals surface area contributed by atoms with E-state index in [1.165, 1.54) is 18.1 Å². The Hall–Kier alpha value is -2.50. The van der Waals surface area contributed by atoms with Crippen LogP contribution in [0.1, 0.15) is 12.5 Å². The molecule has 0 unspecified atom stereocenters. The van der Waals surface area contributed by atoms with Crippen LogP contribution in [0.3, 0.4) is 0 Å². The van der Waals surface area contributed by atoms with Crippen molar-refractivity contribution in [3.8, 4) is 11.5 Å². The maximum absolute atomic E-state index is 11.7. The first kappa shape index (κ1) is 15.6. The molecule has 0 atom stereocenters. The number of methoxy groups -OCH3 is 1. The van der Waals surface area contributed by atoms with Gasteiger partial charge in [-0.15, -0.1) is 0 Å². The number of rotatable bonds is 5. The molecule has 0 aliphatic carbocycles. The molecular weight excluding hydrogens is 262 g/mol. The van der Waals surface area contributed by atoms with Crippen molar-refractivity contribution in [2.75, 3.05) is 20.7 Å². The molecule has 0 saturated heterocycles. The molecule has 20 heavy (non-hydrogen) atoms. The van der Waals surface area contributed by atoms with Crippen molar-refractivity contribution in [3.05, 3.63) is 29.8 Å². The van der Waals surface area contributed by atoms with E-state index < -0.39 is 12.1 Å². The minimum absolute atomic E-state index is 0.283. The summed E-state index contributed by atoms with van der Waals surface area (Å²) in [4.78, 5) is 23.5. The molecule has 0 aliphatic rings. The number of nitrogens with zero attached hydrogens (tertiary/aromatic N) is 1. The molecule has 0 bridgehead atoms. The van der Waals surface area contributed by atoms with Gasteiger partial charge >= 0.3 is 12.1 Å². The normalized spacial score (nSPS) is 10.3. The van der Waals surface area contributed by atoms with Gasteiger partial charge in [-0.1, -0.05) is 6.07 Å². The van der Waals surface area contributed by atoms with Crippen molar-refractivity contribution in [2.24, 2.45) is 0 Å². The molecule has 0 aromatic heterocycles. The SMILES string of the molecule is CCN(C)C(=O)Oc1ccc(/C=C/C(=O)O)cc1OC. The van der Waals surface area contributed by atoms with Gasteiger partial charge in [0.1, 0.15) is 0 Å². The van der Waals surface area contributed by atoms with Crippen LogP contribution in [0.2, 0.25) is 0 Å². The second kappa shape index (κ2) is 7.18. The maximum Gasteiger partial charge on any atom is 0.415 e. The predicted octanol–water partition coefficient (Wildman–Crippen LogP) is 2.24. The third-order valence-corrected chi connectivity index (χ3v) is 2.59. The Kier molecular flexibility index (Phi) is 5.58. The predicted molar refractivity (Wildman–Crippen MR) is 74.0 cm³/mol. The van der Waals surface area contributed by atoms with Crippen LogP contribution in [-0.4, -0.2) is 42.8 Å². The van der Waals surface area contributed by atoms with E-state index in [0.717, 1.165) is 6.08 Å². The van der Waals surface area contributed by atoms with Crippen molar-refractivity contribution in [3.63, 3.8) is 0 Å². The van der Waals surface area contributed by atoms with Gasteiger partial charge in [-0.25, -0.2) is 9.59 Å². The Labute approximate surface area is 117 Å². The van der Waals surface area contributed by atoms with Crippen molar-refractivity contribution in [1.82, 2.24) is 4.90 Å². The molecule has 1 amide bonds. The van der Waals surface area contributed by atoms with E-state index in [9.17, 15) is 9.59 Å². The Morgan fingerprint density at radius 1 is 1.35 bits per heavy atom. The number of carbonyl (C=O) groups excluding carboxylic acids is 1. The van der Waals surface area contributed by atoms with Crippen LogP contribution in [-0.2, 0) is 4.79 Å². The second-order valence-electron chi connectivity index (χ2n) is 3.96. The third kappa shape index (κ3) is 4.31. The molecule has 6 nitrogen and oxygen atoms in total. The van der Waals surface area contributed by atoms with Gasteiger partial charge < -0.3 is 19.5 Å². The smallest absolute Gasteiger partial charge is 0.415 e. The molecule has 1 aromatic carbocycles. The summed E-state index contributed by atoms with van der Waals surface area (Å²) in [6.45, 7) is 2.36. The fourth-order valence-electron chi connectivity index (χ4n) is 1.34. The fraction of sp³-hybridized carbons (Fsp3) is 0.286. The molecule has 0 aliphatic heterocycles. The van der Waals surface area contributed by atoms with Crippen LogP contribution < -0.4 is 9.47 Å². The molecule has 0 heterocycles. The first-order valence-corrected chi connectivity index (χ1v) is 6.00. The Morgan fingerprint density at radius 3 is 2.60 bits per heavy atom. The van der Waals surface area contributed by atoms with Gasteiger partial charge in [0.2, 0.25) is 0 Å². The lowest BCUT2D eigenvalue weighted by atomic mass is 10.2. The van der Waals surface area contributed by atoms with Crippen LogP contribution in [0.5, 0.6) is 11.5 Å².